The lowest BCUT2D eigenvalue weighted by atomic mass is 9.68. The molecule has 2 aromatic heterocycles. The van der Waals surface area contributed by atoms with Crippen molar-refractivity contribution in [1.82, 2.24) is 15.2 Å². The number of rotatable bonds is 5. The molecule has 0 radical (unpaired) electrons. The Labute approximate surface area is 195 Å². The van der Waals surface area contributed by atoms with Crippen LogP contribution in [-0.4, -0.2) is 40.5 Å². The van der Waals surface area contributed by atoms with Crippen LogP contribution in [0.25, 0.3) is 22.4 Å². The van der Waals surface area contributed by atoms with Crippen LogP contribution in [0.5, 0.6) is 11.6 Å². The Kier molecular flexibility index (Phi) is 5.26. The molecule has 2 saturated carbocycles. The monoisotopic (exact) mass is 444 g/mol. The fraction of sp³-hybridized carbons (Fsp3) is 0.444. The van der Waals surface area contributed by atoms with E-state index in [-0.39, 0.29) is 5.75 Å². The van der Waals surface area contributed by atoms with Crippen molar-refractivity contribution < 1.29 is 9.84 Å². The second-order valence-electron chi connectivity index (χ2n) is 10.6. The van der Waals surface area contributed by atoms with E-state index in [1.54, 1.807) is 19.4 Å². The zero-order valence-electron chi connectivity index (χ0n) is 19.9. The van der Waals surface area contributed by atoms with Crippen LogP contribution in [0.3, 0.4) is 0 Å². The molecule has 2 fully saturated rings. The lowest BCUT2D eigenvalue weighted by Gasteiger charge is -2.44. The number of hydrogen-bond acceptors (Lipinski definition) is 6. The molecule has 2 aliphatic carbocycles. The van der Waals surface area contributed by atoms with E-state index in [2.05, 4.69) is 41.0 Å². The minimum Gasteiger partial charge on any atom is -0.507 e. The Balaban J connectivity index is 1.35. The number of phenolic OH excluding ortho intramolecular Hbond substituents is 1. The van der Waals surface area contributed by atoms with Gasteiger partial charge in [-0.1, -0.05) is 19.9 Å². The van der Waals surface area contributed by atoms with E-state index < -0.39 is 0 Å². The molecule has 5 rings (SSSR count). The van der Waals surface area contributed by atoms with E-state index in [0.717, 1.165) is 16.9 Å². The predicted molar refractivity (Wildman–Crippen MR) is 130 cm³/mol. The molecular formula is C27H32N4O2. The minimum atomic E-state index is 0.170. The third-order valence-electron chi connectivity index (χ3n) is 7.75. The summed E-state index contributed by atoms with van der Waals surface area (Å²) >= 11 is 0. The number of anilines is 1. The van der Waals surface area contributed by atoms with Crippen LogP contribution in [0.15, 0.2) is 48.7 Å². The third kappa shape index (κ3) is 4.14. The highest BCUT2D eigenvalue weighted by molar-refractivity contribution is 5.74. The first-order valence-electron chi connectivity index (χ1n) is 11.7. The number of aromatic nitrogens is 3. The highest BCUT2D eigenvalue weighted by Gasteiger charge is 2.49. The number of ether oxygens (including phenoxy) is 1. The first kappa shape index (κ1) is 21.7. The van der Waals surface area contributed by atoms with Gasteiger partial charge in [-0.3, -0.25) is 0 Å². The van der Waals surface area contributed by atoms with Crippen LogP contribution in [0.2, 0.25) is 0 Å². The summed E-state index contributed by atoms with van der Waals surface area (Å²) in [4.78, 5) is 6.44. The van der Waals surface area contributed by atoms with Gasteiger partial charge < -0.3 is 14.7 Å². The average molecular weight is 445 g/mol. The van der Waals surface area contributed by atoms with Crippen LogP contribution in [0.1, 0.15) is 46.0 Å². The van der Waals surface area contributed by atoms with Gasteiger partial charge in [-0.25, -0.2) is 4.98 Å². The first-order chi connectivity index (χ1) is 15.8. The van der Waals surface area contributed by atoms with Gasteiger partial charge in [0, 0.05) is 30.9 Å². The summed E-state index contributed by atoms with van der Waals surface area (Å²) < 4.78 is 5.20. The molecule has 0 aliphatic heterocycles. The van der Waals surface area contributed by atoms with Gasteiger partial charge in [0.15, 0.2) is 5.82 Å². The molecule has 33 heavy (non-hydrogen) atoms. The number of pyridine rings is 1. The summed E-state index contributed by atoms with van der Waals surface area (Å²) in [6.45, 7) is 4.89. The molecule has 2 bridgehead atoms. The molecule has 0 amide bonds. The Morgan fingerprint density at radius 1 is 0.970 bits per heavy atom. The van der Waals surface area contributed by atoms with Crippen molar-refractivity contribution in [3.63, 3.8) is 0 Å². The Bertz CT molecular complexity index is 1150. The van der Waals surface area contributed by atoms with Crippen LogP contribution >= 0.6 is 0 Å². The fourth-order valence-corrected chi connectivity index (χ4v) is 6.12. The zero-order valence-corrected chi connectivity index (χ0v) is 19.9. The number of hydrogen-bond donors (Lipinski definition) is 1. The van der Waals surface area contributed by atoms with Gasteiger partial charge in [-0.2, -0.15) is 0 Å². The van der Waals surface area contributed by atoms with Gasteiger partial charge in [0.05, 0.1) is 12.8 Å². The van der Waals surface area contributed by atoms with Crippen LogP contribution < -0.4 is 9.64 Å². The topological polar surface area (TPSA) is 71.4 Å². The molecule has 3 atom stereocenters. The molecule has 0 unspecified atom stereocenters. The van der Waals surface area contributed by atoms with Gasteiger partial charge in [-0.05, 0) is 84.4 Å². The number of phenols is 1. The molecule has 1 aromatic carbocycles. The Morgan fingerprint density at radius 3 is 2.33 bits per heavy atom. The minimum absolute atomic E-state index is 0.170. The number of fused-ring (bicyclic) bond motifs is 2. The maximum Gasteiger partial charge on any atom is 0.213 e. The smallest absolute Gasteiger partial charge is 0.213 e. The molecule has 2 aliphatic rings. The van der Waals surface area contributed by atoms with E-state index in [1.807, 2.05) is 36.4 Å². The second kappa shape index (κ2) is 8.01. The van der Waals surface area contributed by atoms with Crippen LogP contribution in [0.4, 0.5) is 5.82 Å². The number of benzene rings is 1. The third-order valence-corrected chi connectivity index (χ3v) is 7.75. The summed E-state index contributed by atoms with van der Waals surface area (Å²) in [7, 11) is 3.73. The van der Waals surface area contributed by atoms with Crippen molar-refractivity contribution in [2.75, 3.05) is 19.1 Å². The fourth-order valence-electron chi connectivity index (χ4n) is 6.12. The SMILES string of the molecule is COc1cc(-c2ccc(-c3ccc(N(C)[C@H]4C[C@]5(C)CC[C@](C)(C4)C5)nn3)c(O)c2)ccn1. The zero-order chi connectivity index (χ0) is 23.2. The summed E-state index contributed by atoms with van der Waals surface area (Å²) in [6.07, 6.45) is 8.13. The van der Waals surface area contributed by atoms with Crippen molar-refractivity contribution >= 4 is 5.82 Å². The van der Waals surface area contributed by atoms with Gasteiger partial charge in [0.2, 0.25) is 5.88 Å². The highest BCUT2D eigenvalue weighted by Crippen LogP contribution is 2.58. The van der Waals surface area contributed by atoms with Gasteiger partial charge in [0.25, 0.3) is 0 Å². The van der Waals surface area contributed by atoms with Gasteiger partial charge in [-0.15, -0.1) is 10.2 Å². The van der Waals surface area contributed by atoms with E-state index in [4.69, 9.17) is 4.74 Å². The van der Waals surface area contributed by atoms with Gasteiger partial charge in [0.1, 0.15) is 5.75 Å². The molecule has 3 aromatic rings. The normalized spacial score (nSPS) is 26.2. The van der Waals surface area contributed by atoms with E-state index in [1.165, 1.54) is 32.1 Å². The maximum atomic E-state index is 10.7. The molecule has 0 saturated heterocycles. The largest absolute Gasteiger partial charge is 0.507 e. The van der Waals surface area contributed by atoms with E-state index in [0.29, 0.717) is 34.0 Å². The maximum absolute atomic E-state index is 10.7. The molecule has 172 valence electrons. The second-order valence-corrected chi connectivity index (χ2v) is 10.6. The predicted octanol–water partition coefficient (Wildman–Crippen LogP) is 5.71. The molecular weight excluding hydrogens is 412 g/mol. The summed E-state index contributed by atoms with van der Waals surface area (Å²) in [5.41, 5.74) is 4.03. The van der Waals surface area contributed by atoms with Gasteiger partial charge >= 0.3 is 0 Å². The average Bonchev–Trinajstić information content (AvgIpc) is 3.05. The lowest BCUT2D eigenvalue weighted by Crippen LogP contribution is -2.42. The first-order valence-corrected chi connectivity index (χ1v) is 11.7. The number of methoxy groups -OCH3 is 1. The van der Waals surface area contributed by atoms with Crippen molar-refractivity contribution in [2.24, 2.45) is 10.8 Å². The number of nitrogens with zero attached hydrogens (tertiary/aromatic N) is 4. The van der Waals surface area contributed by atoms with Crippen molar-refractivity contribution in [2.45, 2.75) is 52.0 Å². The highest BCUT2D eigenvalue weighted by atomic mass is 16.5. The Morgan fingerprint density at radius 2 is 1.70 bits per heavy atom. The molecule has 6 heteroatoms. The summed E-state index contributed by atoms with van der Waals surface area (Å²) in [5, 5.41) is 19.7. The quantitative estimate of drug-likeness (QED) is 0.543. The van der Waals surface area contributed by atoms with E-state index in [9.17, 15) is 5.11 Å². The molecule has 1 N–H and O–H groups in total. The van der Waals surface area contributed by atoms with Crippen LogP contribution in [0, 0.1) is 10.8 Å². The van der Waals surface area contributed by atoms with Crippen molar-refractivity contribution in [3.8, 4) is 34.0 Å². The summed E-state index contributed by atoms with van der Waals surface area (Å²) in [5.74, 6) is 1.59. The van der Waals surface area contributed by atoms with Crippen molar-refractivity contribution in [3.05, 3.63) is 48.7 Å². The molecule has 6 nitrogen and oxygen atoms in total. The van der Waals surface area contributed by atoms with E-state index >= 15 is 0 Å². The number of aromatic hydroxyl groups is 1. The standard InChI is InChI=1S/C27H32N4O2/c1-26-10-11-27(2,17-26)16-20(15-26)31(3)24-8-7-22(29-30-24)21-6-5-18(13-23(21)32)19-9-12-28-25(14-19)33-4/h5-9,12-14,20,32H,10-11,15-17H2,1-4H3/t20-,26-,27+. The lowest BCUT2D eigenvalue weighted by molar-refractivity contribution is 0.148. The Hall–Kier alpha value is -3.15. The molecule has 2 heterocycles. The van der Waals surface area contributed by atoms with Crippen LogP contribution in [-0.2, 0) is 0 Å². The van der Waals surface area contributed by atoms with Crippen molar-refractivity contribution in [1.29, 1.82) is 0 Å². The molecule has 0 spiro atoms. The summed E-state index contributed by atoms with van der Waals surface area (Å²) in [6, 6.07) is 13.8.